The highest BCUT2D eigenvalue weighted by Crippen LogP contribution is 2.20. The predicted molar refractivity (Wildman–Crippen MR) is 63.5 cm³/mol. The van der Waals surface area contributed by atoms with Crippen LogP contribution in [0.3, 0.4) is 0 Å². The Morgan fingerprint density at radius 3 is 2.80 bits per heavy atom. The van der Waals surface area contributed by atoms with Crippen molar-refractivity contribution in [2.24, 2.45) is 0 Å². The van der Waals surface area contributed by atoms with Crippen molar-refractivity contribution in [1.29, 1.82) is 0 Å². The van der Waals surface area contributed by atoms with Crippen LogP contribution in [0.5, 0.6) is 0 Å². The summed E-state index contributed by atoms with van der Waals surface area (Å²) in [7, 11) is 1.75. The molecule has 0 aliphatic carbocycles. The van der Waals surface area contributed by atoms with Crippen molar-refractivity contribution in [2.75, 3.05) is 18.9 Å². The molecule has 0 bridgehead atoms. The van der Waals surface area contributed by atoms with E-state index in [1.165, 1.54) is 0 Å². The minimum absolute atomic E-state index is 0.122. The van der Waals surface area contributed by atoms with Crippen molar-refractivity contribution >= 4 is 23.3 Å². The standard InChI is InChI=1S/C11H15ClN2O/c1-4-14(3)11(15)13-10-7-9(12)6-5-8(10)2/h5-7H,4H2,1-3H3,(H,13,15). The molecule has 0 atom stereocenters. The molecule has 0 aliphatic heterocycles. The van der Waals surface area contributed by atoms with Crippen molar-refractivity contribution in [2.45, 2.75) is 13.8 Å². The molecule has 1 rings (SSSR count). The van der Waals surface area contributed by atoms with E-state index < -0.39 is 0 Å². The van der Waals surface area contributed by atoms with Crippen LogP contribution in [-0.4, -0.2) is 24.5 Å². The molecule has 0 heterocycles. The Hall–Kier alpha value is -1.22. The highest BCUT2D eigenvalue weighted by molar-refractivity contribution is 6.31. The number of carbonyl (C=O) groups excluding carboxylic acids is 1. The summed E-state index contributed by atoms with van der Waals surface area (Å²) in [5.74, 6) is 0. The van der Waals surface area contributed by atoms with Gasteiger partial charge in [0.15, 0.2) is 0 Å². The summed E-state index contributed by atoms with van der Waals surface area (Å²) in [5.41, 5.74) is 1.75. The molecule has 2 amide bonds. The van der Waals surface area contributed by atoms with Gasteiger partial charge in [0.25, 0.3) is 0 Å². The van der Waals surface area contributed by atoms with E-state index in [2.05, 4.69) is 5.32 Å². The third-order valence-electron chi connectivity index (χ3n) is 2.26. The van der Waals surface area contributed by atoms with E-state index in [-0.39, 0.29) is 6.03 Å². The molecule has 1 aromatic carbocycles. The van der Waals surface area contributed by atoms with Crippen molar-refractivity contribution in [1.82, 2.24) is 4.90 Å². The van der Waals surface area contributed by atoms with Crippen LogP contribution in [0.2, 0.25) is 5.02 Å². The normalized spacial score (nSPS) is 9.87. The fraction of sp³-hybridized carbons (Fsp3) is 0.364. The molecule has 4 heteroatoms. The first-order chi connectivity index (χ1) is 7.04. The molecule has 0 aliphatic rings. The van der Waals surface area contributed by atoms with E-state index in [9.17, 15) is 4.79 Å². The molecule has 0 saturated carbocycles. The van der Waals surface area contributed by atoms with E-state index in [1.54, 1.807) is 24.1 Å². The monoisotopic (exact) mass is 226 g/mol. The van der Waals surface area contributed by atoms with E-state index in [4.69, 9.17) is 11.6 Å². The summed E-state index contributed by atoms with van der Waals surface area (Å²) in [4.78, 5) is 13.2. The van der Waals surface area contributed by atoms with Gasteiger partial charge in [-0.25, -0.2) is 4.79 Å². The number of aryl methyl sites for hydroxylation is 1. The molecule has 1 aromatic rings. The number of rotatable bonds is 2. The topological polar surface area (TPSA) is 32.3 Å². The van der Waals surface area contributed by atoms with Gasteiger partial charge >= 0.3 is 6.03 Å². The molecular weight excluding hydrogens is 212 g/mol. The third-order valence-corrected chi connectivity index (χ3v) is 2.50. The zero-order chi connectivity index (χ0) is 11.4. The largest absolute Gasteiger partial charge is 0.328 e. The Labute approximate surface area is 95.0 Å². The molecule has 0 fully saturated rings. The number of benzene rings is 1. The summed E-state index contributed by atoms with van der Waals surface area (Å²) < 4.78 is 0. The molecule has 0 saturated heterocycles. The zero-order valence-corrected chi connectivity index (χ0v) is 9.93. The minimum Gasteiger partial charge on any atom is -0.328 e. The second-order valence-electron chi connectivity index (χ2n) is 3.40. The maximum Gasteiger partial charge on any atom is 0.321 e. The van der Waals surface area contributed by atoms with Gasteiger partial charge in [0.1, 0.15) is 0 Å². The van der Waals surface area contributed by atoms with Gasteiger partial charge in [-0.1, -0.05) is 17.7 Å². The van der Waals surface area contributed by atoms with Gasteiger partial charge in [0, 0.05) is 24.3 Å². The number of anilines is 1. The number of hydrogen-bond donors (Lipinski definition) is 1. The summed E-state index contributed by atoms with van der Waals surface area (Å²) >= 11 is 5.85. The number of hydrogen-bond acceptors (Lipinski definition) is 1. The van der Waals surface area contributed by atoms with Gasteiger partial charge in [-0.05, 0) is 31.5 Å². The number of carbonyl (C=O) groups is 1. The van der Waals surface area contributed by atoms with Crippen LogP contribution in [0.1, 0.15) is 12.5 Å². The number of halogens is 1. The Kier molecular flexibility index (Phi) is 3.97. The average molecular weight is 227 g/mol. The van der Waals surface area contributed by atoms with Gasteiger partial charge < -0.3 is 10.2 Å². The Bertz CT molecular complexity index is 366. The van der Waals surface area contributed by atoms with Crippen molar-refractivity contribution in [3.05, 3.63) is 28.8 Å². The molecule has 82 valence electrons. The Morgan fingerprint density at radius 2 is 2.20 bits per heavy atom. The van der Waals surface area contributed by atoms with Crippen LogP contribution in [0.4, 0.5) is 10.5 Å². The van der Waals surface area contributed by atoms with Crippen molar-refractivity contribution in [3.8, 4) is 0 Å². The molecule has 0 spiro atoms. The number of urea groups is 1. The van der Waals surface area contributed by atoms with Gasteiger partial charge in [0.05, 0.1) is 0 Å². The lowest BCUT2D eigenvalue weighted by atomic mass is 10.2. The quantitative estimate of drug-likeness (QED) is 0.826. The molecule has 1 N–H and O–H groups in total. The first kappa shape index (κ1) is 11.9. The SMILES string of the molecule is CCN(C)C(=O)Nc1cc(Cl)ccc1C. The summed E-state index contributed by atoms with van der Waals surface area (Å²) in [5, 5.41) is 3.42. The summed E-state index contributed by atoms with van der Waals surface area (Å²) in [6.45, 7) is 4.52. The highest BCUT2D eigenvalue weighted by atomic mass is 35.5. The Balaban J connectivity index is 2.80. The summed E-state index contributed by atoms with van der Waals surface area (Å²) in [6.07, 6.45) is 0. The third kappa shape index (κ3) is 3.13. The van der Waals surface area contributed by atoms with E-state index in [0.29, 0.717) is 11.6 Å². The van der Waals surface area contributed by atoms with Crippen LogP contribution in [-0.2, 0) is 0 Å². The second kappa shape index (κ2) is 5.03. The zero-order valence-electron chi connectivity index (χ0n) is 9.17. The molecule has 0 unspecified atom stereocenters. The molecular formula is C11H15ClN2O. The maximum absolute atomic E-state index is 11.6. The summed E-state index contributed by atoms with van der Waals surface area (Å²) in [6, 6.07) is 5.31. The number of nitrogens with one attached hydrogen (secondary N) is 1. The van der Waals surface area contributed by atoms with Crippen LogP contribution in [0, 0.1) is 6.92 Å². The van der Waals surface area contributed by atoms with Crippen molar-refractivity contribution < 1.29 is 4.79 Å². The van der Waals surface area contributed by atoms with E-state index in [1.807, 2.05) is 19.9 Å². The highest BCUT2D eigenvalue weighted by Gasteiger charge is 2.08. The van der Waals surface area contributed by atoms with Crippen LogP contribution >= 0.6 is 11.6 Å². The fourth-order valence-corrected chi connectivity index (χ4v) is 1.26. The van der Waals surface area contributed by atoms with Gasteiger partial charge in [0.2, 0.25) is 0 Å². The average Bonchev–Trinajstić information content (AvgIpc) is 2.22. The lowest BCUT2D eigenvalue weighted by Gasteiger charge is -2.16. The molecule has 0 aromatic heterocycles. The molecule has 15 heavy (non-hydrogen) atoms. The van der Waals surface area contributed by atoms with E-state index in [0.717, 1.165) is 11.3 Å². The Morgan fingerprint density at radius 1 is 1.53 bits per heavy atom. The predicted octanol–water partition coefficient (Wildman–Crippen LogP) is 3.13. The number of nitrogens with zero attached hydrogens (tertiary/aromatic N) is 1. The lowest BCUT2D eigenvalue weighted by molar-refractivity contribution is 0.224. The van der Waals surface area contributed by atoms with Gasteiger partial charge in [-0.3, -0.25) is 0 Å². The van der Waals surface area contributed by atoms with Crippen LogP contribution in [0.25, 0.3) is 0 Å². The maximum atomic E-state index is 11.6. The molecule has 0 radical (unpaired) electrons. The smallest absolute Gasteiger partial charge is 0.321 e. The first-order valence-electron chi connectivity index (χ1n) is 4.83. The second-order valence-corrected chi connectivity index (χ2v) is 3.84. The fourth-order valence-electron chi connectivity index (χ4n) is 1.08. The lowest BCUT2D eigenvalue weighted by Crippen LogP contribution is -2.31. The van der Waals surface area contributed by atoms with Crippen LogP contribution < -0.4 is 5.32 Å². The van der Waals surface area contributed by atoms with E-state index >= 15 is 0 Å². The van der Waals surface area contributed by atoms with Gasteiger partial charge in [-0.2, -0.15) is 0 Å². The minimum atomic E-state index is -0.122. The number of amides is 2. The van der Waals surface area contributed by atoms with Crippen LogP contribution in [0.15, 0.2) is 18.2 Å². The molecule has 3 nitrogen and oxygen atoms in total. The first-order valence-corrected chi connectivity index (χ1v) is 5.20. The van der Waals surface area contributed by atoms with Gasteiger partial charge in [-0.15, -0.1) is 0 Å². The van der Waals surface area contributed by atoms with Crippen molar-refractivity contribution in [3.63, 3.8) is 0 Å².